The second-order valence-corrected chi connectivity index (χ2v) is 11.4. The fourth-order valence-corrected chi connectivity index (χ4v) is 5.65. The molecule has 244 valence electrons. The first-order valence-corrected chi connectivity index (χ1v) is 15.4. The second kappa shape index (κ2) is 14.5. The van der Waals surface area contributed by atoms with Crippen LogP contribution < -0.4 is 10.2 Å². The van der Waals surface area contributed by atoms with Gasteiger partial charge in [-0.25, -0.2) is 19.2 Å². The lowest BCUT2D eigenvalue weighted by atomic mass is 9.94. The van der Waals surface area contributed by atoms with E-state index in [1.807, 2.05) is 60.0 Å². The molecule has 0 atom stereocenters. The van der Waals surface area contributed by atoms with E-state index in [4.69, 9.17) is 24.3 Å². The third kappa shape index (κ3) is 7.20. The van der Waals surface area contributed by atoms with Crippen molar-refractivity contribution in [1.29, 1.82) is 0 Å². The zero-order valence-electron chi connectivity index (χ0n) is 26.9. The van der Waals surface area contributed by atoms with Crippen LogP contribution in [0.15, 0.2) is 97.1 Å². The highest BCUT2D eigenvalue weighted by atomic mass is 19.1. The Hall–Kier alpha value is -5.58. The van der Waals surface area contributed by atoms with Crippen molar-refractivity contribution in [2.24, 2.45) is 0 Å². The molecule has 0 radical (unpaired) electrons. The molecule has 0 fully saturated rings. The van der Waals surface area contributed by atoms with Crippen LogP contribution in [0.1, 0.15) is 32.9 Å². The zero-order chi connectivity index (χ0) is 33.6. The lowest BCUT2D eigenvalue weighted by Gasteiger charge is -2.15. The molecule has 2 aromatic heterocycles. The van der Waals surface area contributed by atoms with Gasteiger partial charge in [-0.05, 0) is 77.7 Å². The second-order valence-electron chi connectivity index (χ2n) is 11.4. The molecular formula is C38H35FN4O5. The Morgan fingerprint density at radius 1 is 0.896 bits per heavy atom. The predicted octanol–water partition coefficient (Wildman–Crippen LogP) is 7.70. The minimum absolute atomic E-state index is 0.0596. The fourth-order valence-electron chi connectivity index (χ4n) is 5.65. The summed E-state index contributed by atoms with van der Waals surface area (Å²) in [7, 11) is 3.20. The molecule has 10 heteroatoms. The van der Waals surface area contributed by atoms with E-state index in [1.165, 1.54) is 6.07 Å². The highest BCUT2D eigenvalue weighted by Gasteiger charge is 2.17. The van der Waals surface area contributed by atoms with E-state index in [0.29, 0.717) is 42.2 Å². The number of aromatic nitrogens is 3. The molecule has 0 aliphatic heterocycles. The van der Waals surface area contributed by atoms with Gasteiger partial charge in [0.25, 0.3) is 0 Å². The van der Waals surface area contributed by atoms with Crippen molar-refractivity contribution >= 4 is 22.7 Å². The molecule has 6 rings (SSSR count). The molecule has 4 aromatic carbocycles. The van der Waals surface area contributed by atoms with Crippen molar-refractivity contribution < 1.29 is 28.6 Å². The minimum Gasteiger partial charge on any atom is -0.478 e. The number of carboxylic acids is 1. The van der Waals surface area contributed by atoms with Crippen molar-refractivity contribution in [3.05, 3.63) is 131 Å². The van der Waals surface area contributed by atoms with Crippen LogP contribution >= 0.6 is 0 Å². The maximum atomic E-state index is 14.4. The van der Waals surface area contributed by atoms with Crippen LogP contribution in [0.25, 0.3) is 33.4 Å². The van der Waals surface area contributed by atoms with Crippen LogP contribution in [0.3, 0.4) is 0 Å². The predicted molar refractivity (Wildman–Crippen MR) is 183 cm³/mol. The maximum Gasteiger partial charge on any atom is 0.335 e. The van der Waals surface area contributed by atoms with Gasteiger partial charge in [0.15, 0.2) is 0 Å². The van der Waals surface area contributed by atoms with Gasteiger partial charge >= 0.3 is 5.97 Å². The lowest BCUT2D eigenvalue weighted by molar-refractivity contribution is 0.0697. The number of hydrogen-bond donors (Lipinski definition) is 2. The fraction of sp³-hybridized carbons (Fsp3) is 0.184. The molecule has 2 heterocycles. The number of benzene rings is 4. The van der Waals surface area contributed by atoms with E-state index in [2.05, 4.69) is 17.6 Å². The average molecular weight is 647 g/mol. The Kier molecular flexibility index (Phi) is 9.75. The molecular weight excluding hydrogens is 611 g/mol. The summed E-state index contributed by atoms with van der Waals surface area (Å²) in [6.07, 6.45) is 0.469. The van der Waals surface area contributed by atoms with E-state index in [-0.39, 0.29) is 18.0 Å². The quantitative estimate of drug-likeness (QED) is 0.123. The highest BCUT2D eigenvalue weighted by molar-refractivity contribution is 5.92. The number of methoxy groups -OCH3 is 1. The molecule has 0 aliphatic carbocycles. The Bertz CT molecular complexity index is 2090. The molecule has 0 unspecified atom stereocenters. The van der Waals surface area contributed by atoms with Crippen molar-refractivity contribution in [1.82, 2.24) is 14.5 Å². The molecule has 0 bridgehead atoms. The Morgan fingerprint density at radius 3 is 2.52 bits per heavy atom. The first kappa shape index (κ1) is 32.4. The number of rotatable bonds is 13. The van der Waals surface area contributed by atoms with E-state index < -0.39 is 5.97 Å². The minimum atomic E-state index is -0.995. The summed E-state index contributed by atoms with van der Waals surface area (Å²) in [6.45, 7) is 2.85. The Labute approximate surface area is 277 Å². The molecule has 0 aliphatic rings. The Morgan fingerprint density at radius 2 is 1.73 bits per heavy atom. The number of fused-ring (bicyclic) bond motifs is 1. The zero-order valence-corrected chi connectivity index (χ0v) is 26.9. The molecule has 6 aromatic rings. The smallest absolute Gasteiger partial charge is 0.335 e. The summed E-state index contributed by atoms with van der Waals surface area (Å²) < 4.78 is 27.7. The monoisotopic (exact) mass is 646 g/mol. The third-order valence-electron chi connectivity index (χ3n) is 8.05. The largest absolute Gasteiger partial charge is 0.478 e. The summed E-state index contributed by atoms with van der Waals surface area (Å²) in [4.78, 5) is 26.6. The van der Waals surface area contributed by atoms with Crippen molar-refractivity contribution in [3.8, 4) is 28.3 Å². The van der Waals surface area contributed by atoms with Gasteiger partial charge < -0.3 is 19.1 Å². The summed E-state index contributed by atoms with van der Waals surface area (Å²) in [5.74, 6) is -0.140. The summed E-state index contributed by atoms with van der Waals surface area (Å²) in [6, 6.07) is 29.6. The van der Waals surface area contributed by atoms with Gasteiger partial charge in [0, 0.05) is 37.3 Å². The SMILES string of the molecule is COCCn1c(Cc2ccc(-c3cccc(OCc4ccc(C)cc4F)n3)cc2-c2cccc(NOC)c2)nc2ccc(C(=O)O)cc21. The first-order valence-electron chi connectivity index (χ1n) is 15.4. The van der Waals surface area contributed by atoms with Gasteiger partial charge in [-0.1, -0.05) is 42.5 Å². The van der Waals surface area contributed by atoms with Gasteiger partial charge in [0.2, 0.25) is 5.88 Å². The number of nitrogens with zero attached hydrogens (tertiary/aromatic N) is 3. The Balaban J connectivity index is 1.39. The number of hydrogen-bond acceptors (Lipinski definition) is 7. The highest BCUT2D eigenvalue weighted by Crippen LogP contribution is 2.33. The molecule has 2 N–H and O–H groups in total. The number of ether oxygens (including phenoxy) is 2. The number of aromatic carboxylic acids is 1. The van der Waals surface area contributed by atoms with Gasteiger partial charge in [0.05, 0.1) is 41.7 Å². The van der Waals surface area contributed by atoms with Gasteiger partial charge in [-0.15, -0.1) is 0 Å². The normalized spacial score (nSPS) is 11.2. The molecule has 9 nitrogen and oxygen atoms in total. The van der Waals surface area contributed by atoms with Crippen LogP contribution in [-0.4, -0.2) is 46.4 Å². The number of halogens is 1. The molecule has 0 amide bonds. The molecule has 0 saturated carbocycles. The van der Waals surface area contributed by atoms with Gasteiger partial charge in [-0.2, -0.15) is 0 Å². The number of anilines is 1. The van der Waals surface area contributed by atoms with Crippen LogP contribution in [0.2, 0.25) is 0 Å². The van der Waals surface area contributed by atoms with E-state index in [0.717, 1.165) is 44.8 Å². The topological polar surface area (TPSA) is 108 Å². The number of imidazole rings is 1. The number of pyridine rings is 1. The average Bonchev–Trinajstić information content (AvgIpc) is 3.43. The number of aryl methyl sites for hydroxylation is 1. The van der Waals surface area contributed by atoms with Crippen LogP contribution in [0.5, 0.6) is 5.88 Å². The van der Waals surface area contributed by atoms with Gasteiger partial charge in [-0.3, -0.25) is 10.3 Å². The maximum absolute atomic E-state index is 14.4. The number of carbonyl (C=O) groups is 1. The van der Waals surface area contributed by atoms with E-state index in [9.17, 15) is 14.3 Å². The van der Waals surface area contributed by atoms with Crippen LogP contribution in [0.4, 0.5) is 10.1 Å². The van der Waals surface area contributed by atoms with Crippen molar-refractivity contribution in [2.45, 2.75) is 26.5 Å². The van der Waals surface area contributed by atoms with Crippen LogP contribution in [0, 0.1) is 12.7 Å². The third-order valence-corrected chi connectivity index (χ3v) is 8.05. The first-order chi connectivity index (χ1) is 23.3. The molecule has 0 saturated heterocycles. The van der Waals surface area contributed by atoms with Crippen molar-refractivity contribution in [2.75, 3.05) is 26.3 Å². The molecule has 48 heavy (non-hydrogen) atoms. The standard InChI is InChI=1S/C38H35FN4O5/c1-24-10-11-29(32(39)18-24)23-48-37-9-5-8-33(41-37)27-13-12-26(31(20-27)25-6-4-7-30(19-25)42-47-3)22-36-40-34-15-14-28(38(44)45)21-35(34)43(36)16-17-46-2/h4-15,18-21,42H,16-17,22-23H2,1-3H3,(H,44,45). The van der Waals surface area contributed by atoms with Crippen LogP contribution in [-0.2, 0) is 29.1 Å². The molecule has 0 spiro atoms. The summed E-state index contributed by atoms with van der Waals surface area (Å²) >= 11 is 0. The summed E-state index contributed by atoms with van der Waals surface area (Å²) in [5, 5.41) is 9.62. The summed E-state index contributed by atoms with van der Waals surface area (Å²) in [5.41, 5.74) is 11.1. The van der Waals surface area contributed by atoms with E-state index >= 15 is 0 Å². The van der Waals surface area contributed by atoms with Crippen molar-refractivity contribution in [3.63, 3.8) is 0 Å². The number of nitrogens with one attached hydrogen (secondary N) is 1. The lowest BCUT2D eigenvalue weighted by Crippen LogP contribution is -2.10. The number of carboxylic acid groups (broad SMARTS) is 1. The van der Waals surface area contributed by atoms with E-state index in [1.54, 1.807) is 44.6 Å². The van der Waals surface area contributed by atoms with Gasteiger partial charge in [0.1, 0.15) is 18.2 Å².